The molecule has 2 heteroatoms. The normalized spacial score (nSPS) is 10.3. The molecular weight excluding hydrogens is 191 g/mol. The first kappa shape index (κ1) is 9.88. The van der Waals surface area contributed by atoms with E-state index in [0.717, 1.165) is 5.56 Å². The average Bonchev–Trinajstić information content (AvgIpc) is 2.09. The fraction of sp³-hybridized carbons (Fsp3) is 0.400. The summed E-state index contributed by atoms with van der Waals surface area (Å²) >= 11 is 11.5. The van der Waals surface area contributed by atoms with Crippen LogP contribution >= 0.6 is 23.2 Å². The minimum atomic E-state index is 0.561. The highest BCUT2D eigenvalue weighted by atomic mass is 35.5. The van der Waals surface area contributed by atoms with Crippen molar-refractivity contribution >= 4 is 23.2 Å². The largest absolute Gasteiger partial charge is 0.122 e. The second-order valence-electron chi connectivity index (χ2n) is 2.96. The van der Waals surface area contributed by atoms with Gasteiger partial charge in [-0.15, -0.1) is 23.2 Å². The van der Waals surface area contributed by atoms with Gasteiger partial charge in [-0.2, -0.15) is 0 Å². The Bertz CT molecular complexity index is 279. The van der Waals surface area contributed by atoms with Crippen LogP contribution < -0.4 is 0 Å². The van der Waals surface area contributed by atoms with Gasteiger partial charge in [-0.05, 0) is 36.1 Å². The molecule has 1 rings (SSSR count). The van der Waals surface area contributed by atoms with Crippen molar-refractivity contribution in [3.05, 3.63) is 34.4 Å². The van der Waals surface area contributed by atoms with E-state index >= 15 is 0 Å². The van der Waals surface area contributed by atoms with Crippen LogP contribution in [0, 0.1) is 13.8 Å². The first-order valence-electron chi connectivity index (χ1n) is 3.90. The number of alkyl halides is 2. The molecule has 0 bridgehead atoms. The first-order chi connectivity index (χ1) is 5.69. The summed E-state index contributed by atoms with van der Waals surface area (Å²) in [6, 6.07) is 4.18. The highest BCUT2D eigenvalue weighted by Gasteiger charge is 2.02. The highest BCUT2D eigenvalue weighted by Crippen LogP contribution is 2.19. The Kier molecular flexibility index (Phi) is 3.42. The van der Waals surface area contributed by atoms with Crippen LogP contribution in [0.2, 0.25) is 0 Å². The molecule has 0 heterocycles. The summed E-state index contributed by atoms with van der Waals surface area (Å²) in [5.74, 6) is 1.13. The summed E-state index contributed by atoms with van der Waals surface area (Å²) in [4.78, 5) is 0. The van der Waals surface area contributed by atoms with E-state index in [0.29, 0.717) is 11.8 Å². The number of halogens is 2. The molecule has 0 fully saturated rings. The van der Waals surface area contributed by atoms with E-state index < -0.39 is 0 Å². The lowest BCUT2D eigenvalue weighted by atomic mass is 10.0. The van der Waals surface area contributed by atoms with Crippen molar-refractivity contribution in [2.75, 3.05) is 0 Å². The van der Waals surface area contributed by atoms with Gasteiger partial charge in [0.25, 0.3) is 0 Å². The summed E-state index contributed by atoms with van der Waals surface area (Å²) < 4.78 is 0. The van der Waals surface area contributed by atoms with E-state index in [1.807, 2.05) is 0 Å². The first-order valence-corrected chi connectivity index (χ1v) is 4.97. The van der Waals surface area contributed by atoms with Crippen molar-refractivity contribution < 1.29 is 0 Å². The van der Waals surface area contributed by atoms with Crippen LogP contribution in [0.1, 0.15) is 22.3 Å². The number of hydrogen-bond acceptors (Lipinski definition) is 0. The third-order valence-corrected chi connectivity index (χ3v) is 2.73. The fourth-order valence-corrected chi connectivity index (χ4v) is 1.66. The molecule has 0 atom stereocenters. The maximum Gasteiger partial charge on any atom is 0.0476 e. The Labute approximate surface area is 83.5 Å². The van der Waals surface area contributed by atoms with Gasteiger partial charge >= 0.3 is 0 Å². The van der Waals surface area contributed by atoms with Gasteiger partial charge in [-0.1, -0.05) is 12.1 Å². The van der Waals surface area contributed by atoms with Crippen molar-refractivity contribution in [1.82, 2.24) is 0 Å². The molecule has 0 saturated heterocycles. The van der Waals surface area contributed by atoms with Crippen molar-refractivity contribution in [3.8, 4) is 0 Å². The molecule has 0 radical (unpaired) electrons. The molecule has 0 nitrogen and oxygen atoms in total. The van der Waals surface area contributed by atoms with Gasteiger partial charge in [0.05, 0.1) is 0 Å². The van der Waals surface area contributed by atoms with Crippen LogP contribution in [0.4, 0.5) is 0 Å². The molecule has 0 aliphatic rings. The predicted octanol–water partition coefficient (Wildman–Crippen LogP) is 3.78. The number of aryl methyl sites for hydroxylation is 1. The Morgan fingerprint density at radius 1 is 1.08 bits per heavy atom. The van der Waals surface area contributed by atoms with Crippen LogP contribution in [0.5, 0.6) is 0 Å². The molecule has 0 aliphatic carbocycles. The fourth-order valence-electron chi connectivity index (χ4n) is 1.23. The molecule has 0 aromatic heterocycles. The third kappa shape index (κ3) is 1.94. The summed E-state index contributed by atoms with van der Waals surface area (Å²) in [7, 11) is 0. The average molecular weight is 203 g/mol. The molecule has 0 amide bonds. The van der Waals surface area contributed by atoms with E-state index in [4.69, 9.17) is 23.2 Å². The molecule has 0 saturated carbocycles. The molecule has 66 valence electrons. The van der Waals surface area contributed by atoms with Crippen LogP contribution in [-0.4, -0.2) is 0 Å². The van der Waals surface area contributed by atoms with E-state index in [1.165, 1.54) is 16.7 Å². The zero-order valence-corrected chi connectivity index (χ0v) is 8.84. The molecule has 0 unspecified atom stereocenters. The maximum absolute atomic E-state index is 5.79. The SMILES string of the molecule is Cc1cc(CCl)cc(CCl)c1C. The summed E-state index contributed by atoms with van der Waals surface area (Å²) in [5, 5.41) is 0. The Morgan fingerprint density at radius 3 is 2.25 bits per heavy atom. The summed E-state index contributed by atoms with van der Waals surface area (Å²) in [6.45, 7) is 4.17. The van der Waals surface area contributed by atoms with Crippen molar-refractivity contribution in [3.63, 3.8) is 0 Å². The summed E-state index contributed by atoms with van der Waals surface area (Å²) in [5.41, 5.74) is 4.88. The lowest BCUT2D eigenvalue weighted by Crippen LogP contribution is -1.92. The lowest BCUT2D eigenvalue weighted by molar-refractivity contribution is 1.20. The standard InChI is InChI=1S/C10H12Cl2/c1-7-3-9(5-11)4-10(6-12)8(7)2/h3-4H,5-6H2,1-2H3. The molecule has 0 N–H and O–H groups in total. The second-order valence-corrected chi connectivity index (χ2v) is 3.50. The van der Waals surface area contributed by atoms with Gasteiger partial charge < -0.3 is 0 Å². The number of benzene rings is 1. The van der Waals surface area contributed by atoms with Gasteiger partial charge in [0.2, 0.25) is 0 Å². The Hall–Kier alpha value is -0.200. The van der Waals surface area contributed by atoms with Gasteiger partial charge in [0.1, 0.15) is 0 Å². The van der Waals surface area contributed by atoms with E-state index in [2.05, 4.69) is 26.0 Å². The smallest absolute Gasteiger partial charge is 0.0476 e. The summed E-state index contributed by atoms with van der Waals surface area (Å²) in [6.07, 6.45) is 0. The zero-order valence-electron chi connectivity index (χ0n) is 7.32. The van der Waals surface area contributed by atoms with Crippen molar-refractivity contribution in [2.45, 2.75) is 25.6 Å². The van der Waals surface area contributed by atoms with Gasteiger partial charge in [0.15, 0.2) is 0 Å². The number of hydrogen-bond donors (Lipinski definition) is 0. The van der Waals surface area contributed by atoms with Gasteiger partial charge in [-0.25, -0.2) is 0 Å². The van der Waals surface area contributed by atoms with Crippen molar-refractivity contribution in [2.24, 2.45) is 0 Å². The Balaban J connectivity index is 3.19. The topological polar surface area (TPSA) is 0 Å². The molecule has 12 heavy (non-hydrogen) atoms. The molecule has 0 spiro atoms. The van der Waals surface area contributed by atoms with Gasteiger partial charge in [0, 0.05) is 11.8 Å². The second kappa shape index (κ2) is 4.15. The molecule has 1 aromatic rings. The van der Waals surface area contributed by atoms with E-state index in [9.17, 15) is 0 Å². The van der Waals surface area contributed by atoms with E-state index in [-0.39, 0.29) is 0 Å². The monoisotopic (exact) mass is 202 g/mol. The van der Waals surface area contributed by atoms with Crippen LogP contribution in [0.25, 0.3) is 0 Å². The molecule has 0 aliphatic heterocycles. The minimum Gasteiger partial charge on any atom is -0.122 e. The zero-order chi connectivity index (χ0) is 9.14. The lowest BCUT2D eigenvalue weighted by Gasteiger charge is -2.07. The van der Waals surface area contributed by atoms with E-state index in [1.54, 1.807) is 0 Å². The van der Waals surface area contributed by atoms with Crippen LogP contribution in [0.15, 0.2) is 12.1 Å². The molecule has 1 aromatic carbocycles. The maximum atomic E-state index is 5.79. The quantitative estimate of drug-likeness (QED) is 0.641. The Morgan fingerprint density at radius 2 is 1.75 bits per heavy atom. The van der Waals surface area contributed by atoms with Gasteiger partial charge in [-0.3, -0.25) is 0 Å². The minimum absolute atomic E-state index is 0.561. The third-order valence-electron chi connectivity index (χ3n) is 2.13. The highest BCUT2D eigenvalue weighted by molar-refractivity contribution is 6.17. The van der Waals surface area contributed by atoms with Crippen LogP contribution in [-0.2, 0) is 11.8 Å². The number of rotatable bonds is 2. The predicted molar refractivity (Wildman–Crippen MR) is 55.0 cm³/mol. The van der Waals surface area contributed by atoms with Crippen LogP contribution in [0.3, 0.4) is 0 Å². The molecular formula is C10H12Cl2. The van der Waals surface area contributed by atoms with Crippen molar-refractivity contribution in [1.29, 1.82) is 0 Å².